The van der Waals surface area contributed by atoms with E-state index in [4.69, 9.17) is 11.6 Å². The van der Waals surface area contributed by atoms with Crippen molar-refractivity contribution in [2.24, 2.45) is 0 Å². The molecule has 2 aliphatic rings. The van der Waals surface area contributed by atoms with Crippen LogP contribution < -0.4 is 4.90 Å². The molecule has 1 spiro atoms. The van der Waals surface area contributed by atoms with E-state index >= 15 is 0 Å². The van der Waals surface area contributed by atoms with Crippen molar-refractivity contribution >= 4 is 23.2 Å². The first-order valence-electron chi connectivity index (χ1n) is 11.2. The molecule has 0 atom stereocenters. The molecule has 1 amide bonds. The fourth-order valence-corrected chi connectivity index (χ4v) is 5.38. The van der Waals surface area contributed by atoms with Gasteiger partial charge in [-0.05, 0) is 73.8 Å². The summed E-state index contributed by atoms with van der Waals surface area (Å²) >= 11 is 6.32. The number of carbonyl (C=O) groups is 1. The van der Waals surface area contributed by atoms with Gasteiger partial charge in [-0.25, -0.2) is 4.39 Å². The van der Waals surface area contributed by atoms with E-state index in [-0.39, 0.29) is 17.1 Å². The third-order valence-corrected chi connectivity index (χ3v) is 7.33. The highest BCUT2D eigenvalue weighted by Crippen LogP contribution is 2.48. The van der Waals surface area contributed by atoms with Crippen molar-refractivity contribution in [1.82, 2.24) is 4.90 Å². The van der Waals surface area contributed by atoms with Gasteiger partial charge in [0.1, 0.15) is 5.82 Å². The zero-order chi connectivity index (χ0) is 22.1. The molecule has 3 aromatic carbocycles. The summed E-state index contributed by atoms with van der Waals surface area (Å²) in [6.07, 6.45) is 2.84. The van der Waals surface area contributed by atoms with Crippen molar-refractivity contribution < 1.29 is 9.18 Å². The lowest BCUT2D eigenvalue weighted by atomic mass is 9.74. The van der Waals surface area contributed by atoms with Crippen molar-refractivity contribution in [3.63, 3.8) is 0 Å². The highest BCUT2D eigenvalue weighted by Gasteiger charge is 2.46. The zero-order valence-corrected chi connectivity index (χ0v) is 18.7. The Morgan fingerprint density at radius 2 is 1.69 bits per heavy atom. The van der Waals surface area contributed by atoms with E-state index in [1.54, 1.807) is 29.2 Å². The summed E-state index contributed by atoms with van der Waals surface area (Å²) in [5.41, 5.74) is 3.39. The fraction of sp³-hybridized carbons (Fsp3) is 0.296. The molecule has 0 saturated carbocycles. The largest absolute Gasteiger partial charge is 0.307 e. The predicted molar refractivity (Wildman–Crippen MR) is 127 cm³/mol. The molecule has 0 radical (unpaired) electrons. The van der Waals surface area contributed by atoms with Crippen molar-refractivity contribution in [3.05, 3.63) is 100 Å². The lowest BCUT2D eigenvalue weighted by Crippen LogP contribution is -2.46. The van der Waals surface area contributed by atoms with Crippen molar-refractivity contribution in [1.29, 1.82) is 0 Å². The minimum absolute atomic E-state index is 0.119. The highest BCUT2D eigenvalue weighted by atomic mass is 35.5. The van der Waals surface area contributed by atoms with E-state index in [1.165, 1.54) is 11.6 Å². The molecule has 164 valence electrons. The lowest BCUT2D eigenvalue weighted by molar-refractivity contribution is 0.0976. The summed E-state index contributed by atoms with van der Waals surface area (Å²) < 4.78 is 14.3. The molecule has 0 unspecified atom stereocenters. The average molecular weight is 449 g/mol. The summed E-state index contributed by atoms with van der Waals surface area (Å²) in [7, 11) is 0. The Morgan fingerprint density at radius 3 is 2.44 bits per heavy atom. The van der Waals surface area contributed by atoms with E-state index in [2.05, 4.69) is 29.2 Å². The second-order valence-electron chi connectivity index (χ2n) is 8.89. The van der Waals surface area contributed by atoms with Crippen molar-refractivity contribution in [2.75, 3.05) is 31.1 Å². The molecule has 32 heavy (non-hydrogen) atoms. The molecule has 0 aliphatic carbocycles. The smallest absolute Gasteiger partial charge is 0.259 e. The van der Waals surface area contributed by atoms with Crippen LogP contribution in [0, 0.1) is 5.82 Å². The summed E-state index contributed by atoms with van der Waals surface area (Å²) in [5, 5.41) is 0.442. The molecule has 1 fully saturated rings. The molecule has 2 heterocycles. The second-order valence-corrected chi connectivity index (χ2v) is 9.30. The van der Waals surface area contributed by atoms with Crippen LogP contribution in [0.25, 0.3) is 0 Å². The Labute approximate surface area is 193 Å². The van der Waals surface area contributed by atoms with Crippen LogP contribution in [-0.2, 0) is 11.8 Å². The van der Waals surface area contributed by atoms with Crippen molar-refractivity contribution in [3.8, 4) is 0 Å². The number of halogens is 2. The Hall–Kier alpha value is -2.69. The quantitative estimate of drug-likeness (QED) is 0.510. The summed E-state index contributed by atoms with van der Waals surface area (Å²) in [4.78, 5) is 17.7. The van der Waals surface area contributed by atoms with Crippen LogP contribution in [0.4, 0.5) is 10.1 Å². The Morgan fingerprint density at radius 1 is 0.969 bits per heavy atom. The van der Waals surface area contributed by atoms with Gasteiger partial charge in [0.25, 0.3) is 5.91 Å². The topological polar surface area (TPSA) is 23.6 Å². The Balaban J connectivity index is 1.36. The summed E-state index contributed by atoms with van der Waals surface area (Å²) in [5.74, 6) is -0.367. The molecule has 5 rings (SSSR count). The van der Waals surface area contributed by atoms with Crippen LogP contribution in [0.2, 0.25) is 5.02 Å². The zero-order valence-electron chi connectivity index (χ0n) is 17.9. The molecule has 3 nitrogen and oxygen atoms in total. The fourth-order valence-electron chi connectivity index (χ4n) is 5.17. The van der Waals surface area contributed by atoms with E-state index in [0.29, 0.717) is 17.1 Å². The maximum Gasteiger partial charge on any atom is 0.259 e. The number of likely N-dealkylation sites (tertiary alicyclic amines) is 1. The molecule has 3 aromatic rings. The number of nitrogens with zero attached hydrogens (tertiary/aromatic N) is 2. The minimum Gasteiger partial charge on any atom is -0.307 e. The number of anilines is 1. The second kappa shape index (κ2) is 8.68. The maximum absolute atomic E-state index is 14.3. The number of piperidine rings is 1. The summed E-state index contributed by atoms with van der Waals surface area (Å²) in [6, 6.07) is 22.5. The van der Waals surface area contributed by atoms with Crippen LogP contribution in [0.3, 0.4) is 0 Å². The first kappa shape index (κ1) is 21.2. The van der Waals surface area contributed by atoms with Gasteiger partial charge in [-0.1, -0.05) is 54.1 Å². The van der Waals surface area contributed by atoms with Gasteiger partial charge in [0.2, 0.25) is 0 Å². The normalized spacial score (nSPS) is 17.5. The van der Waals surface area contributed by atoms with Crippen molar-refractivity contribution in [2.45, 2.75) is 24.7 Å². The molecule has 0 bridgehead atoms. The third kappa shape index (κ3) is 3.94. The first-order valence-corrected chi connectivity index (χ1v) is 11.6. The number of hydrogen-bond acceptors (Lipinski definition) is 2. The molecular weight excluding hydrogens is 423 g/mol. The maximum atomic E-state index is 14.3. The number of fused-ring (bicyclic) bond motifs is 2. The van der Waals surface area contributed by atoms with Crippen LogP contribution in [-0.4, -0.2) is 37.0 Å². The lowest BCUT2D eigenvalue weighted by Gasteiger charge is -2.40. The average Bonchev–Trinajstić information content (AvgIpc) is 3.12. The standard InChI is InChI=1S/C27H26ClFN2O/c28-24-9-5-4-8-22(24)26(32)31-19-27(23-18-21(29)10-11-25(23)31)13-16-30(17-14-27)15-12-20-6-2-1-3-7-20/h1-11,18H,12-17,19H2. The van der Waals surface area contributed by atoms with Gasteiger partial charge in [-0.2, -0.15) is 0 Å². The van der Waals surface area contributed by atoms with Gasteiger partial charge in [-0.3, -0.25) is 4.79 Å². The van der Waals surface area contributed by atoms with Gasteiger partial charge in [0, 0.05) is 24.2 Å². The van der Waals surface area contributed by atoms with Gasteiger partial charge in [0.15, 0.2) is 0 Å². The highest BCUT2D eigenvalue weighted by molar-refractivity contribution is 6.34. The van der Waals surface area contributed by atoms with Crippen LogP contribution >= 0.6 is 11.6 Å². The monoisotopic (exact) mass is 448 g/mol. The third-order valence-electron chi connectivity index (χ3n) is 7.00. The van der Waals surface area contributed by atoms with Crippen LogP contribution in [0.5, 0.6) is 0 Å². The van der Waals surface area contributed by atoms with Crippen LogP contribution in [0.1, 0.15) is 34.3 Å². The Kier molecular flexibility index (Phi) is 5.75. The molecule has 1 saturated heterocycles. The predicted octanol–water partition coefficient (Wildman–Crippen LogP) is 5.72. The molecule has 5 heteroatoms. The van der Waals surface area contributed by atoms with E-state index in [1.807, 2.05) is 18.2 Å². The van der Waals surface area contributed by atoms with Crippen LogP contribution in [0.15, 0.2) is 72.8 Å². The number of carbonyl (C=O) groups excluding carboxylic acids is 1. The molecule has 0 aromatic heterocycles. The van der Waals surface area contributed by atoms with E-state index in [9.17, 15) is 9.18 Å². The molecular formula is C27H26ClFN2O. The minimum atomic E-state index is -0.248. The van der Waals surface area contributed by atoms with Gasteiger partial charge in [-0.15, -0.1) is 0 Å². The van der Waals surface area contributed by atoms with Gasteiger partial charge >= 0.3 is 0 Å². The van der Waals surface area contributed by atoms with E-state index < -0.39 is 0 Å². The number of amides is 1. The number of benzene rings is 3. The SMILES string of the molecule is O=C(c1ccccc1Cl)N1CC2(CCN(CCc3ccccc3)CC2)c2cc(F)ccc21. The van der Waals surface area contributed by atoms with E-state index in [0.717, 1.165) is 50.1 Å². The number of hydrogen-bond donors (Lipinski definition) is 0. The molecule has 0 N–H and O–H groups in total. The summed E-state index contributed by atoms with van der Waals surface area (Å²) in [6.45, 7) is 3.47. The Bertz CT molecular complexity index is 1130. The molecule has 2 aliphatic heterocycles. The number of rotatable bonds is 4. The first-order chi connectivity index (χ1) is 15.6. The van der Waals surface area contributed by atoms with Gasteiger partial charge < -0.3 is 9.80 Å². The van der Waals surface area contributed by atoms with Gasteiger partial charge in [0.05, 0.1) is 10.6 Å².